The molecule has 1 N–H and O–H groups in total. The summed E-state index contributed by atoms with van der Waals surface area (Å²) in [6, 6.07) is 20.1. The Morgan fingerprint density at radius 1 is 1.07 bits per heavy atom. The number of amides is 1. The van der Waals surface area contributed by atoms with Crippen LogP contribution in [0.2, 0.25) is 0 Å². The van der Waals surface area contributed by atoms with E-state index < -0.39 is 11.9 Å². The van der Waals surface area contributed by atoms with Crippen LogP contribution in [0.1, 0.15) is 27.3 Å². The fourth-order valence-electron chi connectivity index (χ4n) is 3.22. The van der Waals surface area contributed by atoms with E-state index in [-0.39, 0.29) is 5.57 Å². The maximum atomic E-state index is 12.6. The monoisotopic (exact) mass is 399 g/mol. The molecule has 1 aromatic heterocycles. The number of aromatic nitrogens is 1. The Balaban J connectivity index is 1.85. The van der Waals surface area contributed by atoms with Crippen LogP contribution in [0.5, 0.6) is 0 Å². The first-order valence-electron chi connectivity index (χ1n) is 9.30. The van der Waals surface area contributed by atoms with Crippen molar-refractivity contribution in [2.24, 2.45) is 0 Å². The van der Waals surface area contributed by atoms with Crippen LogP contribution in [-0.2, 0) is 9.53 Å². The van der Waals surface area contributed by atoms with Gasteiger partial charge in [0.05, 0.1) is 12.7 Å². The lowest BCUT2D eigenvalue weighted by Gasteiger charge is -2.09. The number of nitriles is 1. The first kappa shape index (κ1) is 20.6. The van der Waals surface area contributed by atoms with Gasteiger partial charge in [0, 0.05) is 22.8 Å². The topological polar surface area (TPSA) is 84.1 Å². The van der Waals surface area contributed by atoms with Gasteiger partial charge < -0.3 is 14.6 Å². The van der Waals surface area contributed by atoms with Gasteiger partial charge in [-0.2, -0.15) is 5.26 Å². The van der Waals surface area contributed by atoms with E-state index >= 15 is 0 Å². The van der Waals surface area contributed by atoms with Crippen LogP contribution in [0.15, 0.2) is 66.2 Å². The van der Waals surface area contributed by atoms with Crippen LogP contribution < -0.4 is 5.32 Å². The smallest absolute Gasteiger partial charge is 0.337 e. The third kappa shape index (κ3) is 4.31. The van der Waals surface area contributed by atoms with Gasteiger partial charge in [-0.05, 0) is 68.0 Å². The number of esters is 1. The number of rotatable bonds is 5. The molecule has 1 amide bonds. The minimum atomic E-state index is -0.521. The van der Waals surface area contributed by atoms with E-state index in [0.717, 1.165) is 22.6 Å². The van der Waals surface area contributed by atoms with Crippen molar-refractivity contribution in [2.75, 3.05) is 12.4 Å². The van der Waals surface area contributed by atoms with E-state index in [2.05, 4.69) is 14.6 Å². The number of aryl methyl sites for hydroxylation is 1. The van der Waals surface area contributed by atoms with Gasteiger partial charge in [0.2, 0.25) is 0 Å². The highest BCUT2D eigenvalue weighted by atomic mass is 16.5. The normalized spacial score (nSPS) is 10.9. The number of anilines is 1. The molecule has 30 heavy (non-hydrogen) atoms. The van der Waals surface area contributed by atoms with E-state index in [1.807, 2.05) is 56.3 Å². The van der Waals surface area contributed by atoms with E-state index in [1.54, 1.807) is 30.3 Å². The number of carbonyl (C=O) groups excluding carboxylic acids is 2. The number of nitrogens with zero attached hydrogens (tertiary/aromatic N) is 2. The van der Waals surface area contributed by atoms with Crippen molar-refractivity contribution >= 4 is 23.6 Å². The van der Waals surface area contributed by atoms with Crippen LogP contribution >= 0.6 is 0 Å². The van der Waals surface area contributed by atoms with E-state index in [1.165, 1.54) is 7.11 Å². The van der Waals surface area contributed by atoms with Crippen LogP contribution in [0.25, 0.3) is 11.8 Å². The summed E-state index contributed by atoms with van der Waals surface area (Å²) in [6.07, 6.45) is 1.58. The number of methoxy groups -OCH3 is 1. The van der Waals surface area contributed by atoms with Crippen molar-refractivity contribution in [2.45, 2.75) is 13.8 Å². The molecule has 0 aliphatic heterocycles. The minimum absolute atomic E-state index is 0.0136. The van der Waals surface area contributed by atoms with Crippen molar-refractivity contribution < 1.29 is 14.3 Å². The van der Waals surface area contributed by atoms with E-state index in [4.69, 9.17) is 0 Å². The molecular weight excluding hydrogens is 378 g/mol. The van der Waals surface area contributed by atoms with Gasteiger partial charge in [0.15, 0.2) is 0 Å². The molecule has 6 heteroatoms. The lowest BCUT2D eigenvalue weighted by Crippen LogP contribution is -2.13. The second-order valence-electron chi connectivity index (χ2n) is 6.69. The third-order valence-electron chi connectivity index (χ3n) is 4.71. The molecule has 0 spiro atoms. The molecular formula is C24H21N3O3. The SMILES string of the molecule is COC(=O)c1ccc(NC(=O)/C(C#N)=C\c2cc(C)n(-c3ccccc3)c2C)cc1. The summed E-state index contributed by atoms with van der Waals surface area (Å²) in [4.78, 5) is 24.1. The zero-order valence-electron chi connectivity index (χ0n) is 17.0. The number of ether oxygens (including phenoxy) is 1. The molecule has 0 fully saturated rings. The Hall–Kier alpha value is -4.11. The second-order valence-corrected chi connectivity index (χ2v) is 6.69. The van der Waals surface area contributed by atoms with Gasteiger partial charge in [-0.25, -0.2) is 4.79 Å². The summed E-state index contributed by atoms with van der Waals surface area (Å²) in [5, 5.41) is 12.2. The minimum Gasteiger partial charge on any atom is -0.465 e. The third-order valence-corrected chi connectivity index (χ3v) is 4.71. The average molecular weight is 399 g/mol. The van der Waals surface area contributed by atoms with Crippen molar-refractivity contribution in [1.29, 1.82) is 5.26 Å². The fraction of sp³-hybridized carbons (Fsp3) is 0.125. The summed E-state index contributed by atoms with van der Waals surface area (Å²) in [5.74, 6) is -0.980. The highest BCUT2D eigenvalue weighted by Gasteiger charge is 2.14. The van der Waals surface area contributed by atoms with E-state index in [0.29, 0.717) is 11.3 Å². The zero-order chi connectivity index (χ0) is 21.7. The highest BCUT2D eigenvalue weighted by molar-refractivity contribution is 6.09. The molecule has 3 rings (SSSR count). The van der Waals surface area contributed by atoms with Crippen molar-refractivity contribution in [3.8, 4) is 11.8 Å². The van der Waals surface area contributed by atoms with Crippen LogP contribution in [0.4, 0.5) is 5.69 Å². The second kappa shape index (κ2) is 8.93. The molecule has 6 nitrogen and oxygen atoms in total. The van der Waals surface area contributed by atoms with Gasteiger partial charge in [0.1, 0.15) is 11.6 Å². The Kier molecular flexibility index (Phi) is 6.14. The predicted octanol–water partition coefficient (Wildman–Crippen LogP) is 4.43. The molecule has 0 atom stereocenters. The Labute approximate surface area is 175 Å². The Bertz CT molecular complexity index is 1150. The number of para-hydroxylation sites is 1. The first-order chi connectivity index (χ1) is 14.4. The van der Waals surface area contributed by atoms with Crippen LogP contribution in [0.3, 0.4) is 0 Å². The number of hydrogen-bond donors (Lipinski definition) is 1. The lowest BCUT2D eigenvalue weighted by molar-refractivity contribution is -0.112. The van der Waals surface area contributed by atoms with Crippen LogP contribution in [0, 0.1) is 25.2 Å². The molecule has 0 bridgehead atoms. The fourth-order valence-corrected chi connectivity index (χ4v) is 3.22. The van der Waals surface area contributed by atoms with Gasteiger partial charge in [0.25, 0.3) is 5.91 Å². The largest absolute Gasteiger partial charge is 0.465 e. The van der Waals surface area contributed by atoms with Gasteiger partial charge >= 0.3 is 5.97 Å². The molecule has 1 heterocycles. The Morgan fingerprint density at radius 2 is 1.73 bits per heavy atom. The summed E-state index contributed by atoms with van der Waals surface area (Å²) in [6.45, 7) is 3.93. The molecule has 150 valence electrons. The molecule has 2 aromatic carbocycles. The molecule has 0 aliphatic rings. The lowest BCUT2D eigenvalue weighted by atomic mass is 10.1. The van der Waals surface area contributed by atoms with Crippen molar-refractivity contribution in [3.05, 3.63) is 88.8 Å². The molecule has 0 radical (unpaired) electrons. The molecule has 3 aromatic rings. The predicted molar refractivity (Wildman–Crippen MR) is 115 cm³/mol. The maximum absolute atomic E-state index is 12.6. The van der Waals surface area contributed by atoms with Crippen molar-refractivity contribution in [1.82, 2.24) is 4.57 Å². The molecule has 0 aliphatic carbocycles. The molecule has 0 unspecified atom stereocenters. The van der Waals surface area contributed by atoms with Gasteiger partial charge in [-0.1, -0.05) is 18.2 Å². The van der Waals surface area contributed by atoms with Crippen molar-refractivity contribution in [3.63, 3.8) is 0 Å². The number of nitrogens with one attached hydrogen (secondary N) is 1. The average Bonchev–Trinajstić information content (AvgIpc) is 3.05. The first-order valence-corrected chi connectivity index (χ1v) is 9.30. The zero-order valence-corrected chi connectivity index (χ0v) is 17.0. The maximum Gasteiger partial charge on any atom is 0.337 e. The van der Waals surface area contributed by atoms with Gasteiger partial charge in [-0.3, -0.25) is 4.79 Å². The summed E-state index contributed by atoms with van der Waals surface area (Å²) in [5.41, 5.74) is 4.58. The van der Waals surface area contributed by atoms with Crippen LogP contribution in [-0.4, -0.2) is 23.6 Å². The standard InChI is InChI=1S/C24H21N3O3/c1-16-13-19(17(2)27(16)22-7-5-4-6-8-22)14-20(15-25)23(28)26-21-11-9-18(10-12-21)24(29)30-3/h4-14H,1-3H3,(H,26,28)/b20-14-. The summed E-state index contributed by atoms with van der Waals surface area (Å²) in [7, 11) is 1.30. The summed E-state index contributed by atoms with van der Waals surface area (Å²) < 4.78 is 6.73. The van der Waals surface area contributed by atoms with E-state index in [9.17, 15) is 14.9 Å². The number of hydrogen-bond acceptors (Lipinski definition) is 4. The summed E-state index contributed by atoms with van der Waals surface area (Å²) >= 11 is 0. The Morgan fingerprint density at radius 3 is 2.33 bits per heavy atom. The quantitative estimate of drug-likeness (QED) is 0.391. The molecule has 0 saturated heterocycles. The molecule has 0 saturated carbocycles. The highest BCUT2D eigenvalue weighted by Crippen LogP contribution is 2.23. The number of carbonyl (C=O) groups is 2. The van der Waals surface area contributed by atoms with Gasteiger partial charge in [-0.15, -0.1) is 0 Å². The number of benzene rings is 2.